The lowest BCUT2D eigenvalue weighted by molar-refractivity contribution is -0.116. The van der Waals surface area contributed by atoms with Gasteiger partial charge in [-0.3, -0.25) is 4.79 Å². The predicted octanol–water partition coefficient (Wildman–Crippen LogP) is 1.63. The highest BCUT2D eigenvalue weighted by molar-refractivity contribution is 7.07. The second-order valence-corrected chi connectivity index (χ2v) is 4.40. The third kappa shape index (κ3) is 2.56. The van der Waals surface area contributed by atoms with E-state index in [1.807, 2.05) is 19.4 Å². The molecule has 1 amide bonds. The maximum atomic E-state index is 11.0. The number of amides is 1. The van der Waals surface area contributed by atoms with Crippen molar-refractivity contribution in [1.82, 2.24) is 4.57 Å². The van der Waals surface area contributed by atoms with Gasteiger partial charge in [-0.1, -0.05) is 23.2 Å². The van der Waals surface area contributed by atoms with Crippen molar-refractivity contribution >= 4 is 40.4 Å². The molecule has 0 aliphatic rings. The lowest BCUT2D eigenvalue weighted by Crippen LogP contribution is -2.16. The van der Waals surface area contributed by atoms with E-state index < -0.39 is 10.7 Å². The minimum absolute atomic E-state index is 0.527. The zero-order valence-electron chi connectivity index (χ0n) is 7.12. The zero-order valence-corrected chi connectivity index (χ0v) is 9.45. The molecule has 0 aliphatic carbocycles. The summed E-state index contributed by atoms with van der Waals surface area (Å²) >= 11 is 12.1. The summed E-state index contributed by atoms with van der Waals surface area (Å²) < 4.78 is 1.80. The fourth-order valence-electron chi connectivity index (χ4n) is 0.691. The molecule has 3 nitrogen and oxygen atoms in total. The third-order valence-electron chi connectivity index (χ3n) is 1.54. The van der Waals surface area contributed by atoms with Gasteiger partial charge in [-0.05, 0) is 6.92 Å². The Balaban J connectivity index is 3.08. The van der Waals surface area contributed by atoms with Crippen LogP contribution in [0.5, 0.6) is 0 Å². The Labute approximate surface area is 89.6 Å². The van der Waals surface area contributed by atoms with Gasteiger partial charge in [0.1, 0.15) is 0 Å². The summed E-state index contributed by atoms with van der Waals surface area (Å²) in [5.74, 6) is -0.527. The Morgan fingerprint density at radius 3 is 2.69 bits per heavy atom. The van der Waals surface area contributed by atoms with Crippen molar-refractivity contribution in [3.05, 3.63) is 15.9 Å². The molecule has 1 heterocycles. The smallest absolute Gasteiger partial charge is 0.281 e. The predicted molar refractivity (Wildman–Crippen MR) is 54.1 cm³/mol. The van der Waals surface area contributed by atoms with Crippen LogP contribution in [0.25, 0.3) is 0 Å². The van der Waals surface area contributed by atoms with Crippen LogP contribution in [0, 0.1) is 6.92 Å². The summed E-state index contributed by atoms with van der Waals surface area (Å²) in [5, 5.41) is 1.91. The van der Waals surface area contributed by atoms with Gasteiger partial charge in [0.2, 0.25) is 0 Å². The summed E-state index contributed by atoms with van der Waals surface area (Å²) in [5.41, 5.74) is 1.04. The molecule has 0 radical (unpaired) electrons. The quantitative estimate of drug-likeness (QED) is 0.686. The minimum Gasteiger partial charge on any atom is -0.324 e. The van der Waals surface area contributed by atoms with E-state index in [1.54, 1.807) is 4.57 Å². The maximum absolute atomic E-state index is 11.0. The summed E-state index contributed by atoms with van der Waals surface area (Å²) in [6.45, 7) is 1.93. The van der Waals surface area contributed by atoms with Gasteiger partial charge in [0.05, 0.1) is 0 Å². The molecule has 6 heteroatoms. The molecule has 0 fully saturated rings. The topological polar surface area (TPSA) is 34.4 Å². The summed E-state index contributed by atoms with van der Waals surface area (Å²) in [4.78, 5) is 14.3. The van der Waals surface area contributed by atoms with Crippen molar-refractivity contribution in [1.29, 1.82) is 0 Å². The van der Waals surface area contributed by atoms with Crippen LogP contribution in [0.4, 0.5) is 0 Å². The number of carbonyl (C=O) groups is 1. The van der Waals surface area contributed by atoms with E-state index in [9.17, 15) is 4.79 Å². The highest BCUT2D eigenvalue weighted by Crippen LogP contribution is 2.03. The van der Waals surface area contributed by atoms with Crippen molar-refractivity contribution in [2.45, 2.75) is 11.8 Å². The van der Waals surface area contributed by atoms with E-state index in [4.69, 9.17) is 23.2 Å². The Morgan fingerprint density at radius 2 is 2.31 bits per heavy atom. The van der Waals surface area contributed by atoms with E-state index in [-0.39, 0.29) is 0 Å². The monoisotopic (exact) mass is 238 g/mol. The van der Waals surface area contributed by atoms with E-state index in [0.29, 0.717) is 4.80 Å². The first-order valence-corrected chi connectivity index (χ1v) is 5.25. The van der Waals surface area contributed by atoms with Crippen LogP contribution in [-0.2, 0) is 11.8 Å². The molecule has 0 aromatic carbocycles. The second kappa shape index (κ2) is 4.26. The lowest BCUT2D eigenvalue weighted by atomic mass is 10.6. The molecule has 13 heavy (non-hydrogen) atoms. The molecule has 0 saturated carbocycles. The van der Waals surface area contributed by atoms with Crippen LogP contribution in [-0.4, -0.2) is 15.3 Å². The summed E-state index contributed by atoms with van der Waals surface area (Å²) in [6, 6.07) is 0. The van der Waals surface area contributed by atoms with Crippen molar-refractivity contribution in [2.75, 3.05) is 0 Å². The Hall–Kier alpha value is -0.320. The van der Waals surface area contributed by atoms with Crippen LogP contribution in [0.3, 0.4) is 0 Å². The van der Waals surface area contributed by atoms with Crippen LogP contribution in [0.1, 0.15) is 5.69 Å². The first-order valence-electron chi connectivity index (χ1n) is 3.50. The fraction of sp³-hybridized carbons (Fsp3) is 0.429. The first-order chi connectivity index (χ1) is 6.02. The summed E-state index contributed by atoms with van der Waals surface area (Å²) in [6.07, 6.45) is 0. The average molecular weight is 239 g/mol. The van der Waals surface area contributed by atoms with Gasteiger partial charge in [0.15, 0.2) is 9.64 Å². The van der Waals surface area contributed by atoms with Crippen LogP contribution >= 0.6 is 34.5 Å². The van der Waals surface area contributed by atoms with E-state index in [2.05, 4.69) is 4.99 Å². The molecule has 0 bridgehead atoms. The third-order valence-corrected chi connectivity index (χ3v) is 2.95. The van der Waals surface area contributed by atoms with Crippen LogP contribution in [0.2, 0.25) is 0 Å². The largest absolute Gasteiger partial charge is 0.324 e. The number of carbonyl (C=O) groups excluding carboxylic acids is 1. The van der Waals surface area contributed by atoms with Gasteiger partial charge in [-0.25, -0.2) is 0 Å². The number of rotatable bonds is 1. The number of aryl methyl sites for hydroxylation is 1. The van der Waals surface area contributed by atoms with Gasteiger partial charge < -0.3 is 4.57 Å². The van der Waals surface area contributed by atoms with Gasteiger partial charge in [0, 0.05) is 18.1 Å². The molecule has 1 aromatic heterocycles. The molecule has 0 unspecified atom stereocenters. The molecule has 72 valence electrons. The fourth-order valence-corrected chi connectivity index (χ4v) is 1.67. The lowest BCUT2D eigenvalue weighted by Gasteiger charge is -1.94. The van der Waals surface area contributed by atoms with Gasteiger partial charge in [0.25, 0.3) is 5.91 Å². The number of halogens is 2. The molecule has 0 spiro atoms. The number of thiazole rings is 1. The first kappa shape index (κ1) is 10.8. The van der Waals surface area contributed by atoms with Gasteiger partial charge >= 0.3 is 0 Å². The van der Waals surface area contributed by atoms with Gasteiger partial charge in [-0.15, -0.1) is 11.3 Å². The van der Waals surface area contributed by atoms with Crippen molar-refractivity contribution in [3.8, 4) is 0 Å². The van der Waals surface area contributed by atoms with Crippen LogP contribution < -0.4 is 4.80 Å². The normalized spacial score (nSPS) is 12.5. The Bertz CT molecular complexity index is 380. The molecule has 1 aromatic rings. The number of nitrogens with zero attached hydrogens (tertiary/aromatic N) is 2. The number of hydrogen-bond donors (Lipinski definition) is 0. The van der Waals surface area contributed by atoms with Crippen molar-refractivity contribution < 1.29 is 4.79 Å². The molecular weight excluding hydrogens is 231 g/mol. The van der Waals surface area contributed by atoms with Crippen molar-refractivity contribution in [2.24, 2.45) is 12.0 Å². The number of aromatic nitrogens is 1. The zero-order chi connectivity index (χ0) is 10.0. The minimum atomic E-state index is -1.08. The van der Waals surface area contributed by atoms with E-state index in [1.165, 1.54) is 11.3 Å². The highest BCUT2D eigenvalue weighted by Gasteiger charge is 2.09. The number of alkyl halides is 2. The Kier molecular flexibility index (Phi) is 3.53. The van der Waals surface area contributed by atoms with E-state index >= 15 is 0 Å². The van der Waals surface area contributed by atoms with Crippen LogP contribution in [0.15, 0.2) is 10.4 Å². The summed E-state index contributed by atoms with van der Waals surface area (Å²) in [7, 11) is 1.83. The van der Waals surface area contributed by atoms with Crippen molar-refractivity contribution in [3.63, 3.8) is 0 Å². The second-order valence-electron chi connectivity index (χ2n) is 2.47. The maximum Gasteiger partial charge on any atom is 0.281 e. The molecule has 0 atom stereocenters. The molecular formula is C7H8Cl2N2OS. The molecule has 0 N–H and O–H groups in total. The Morgan fingerprint density at radius 1 is 1.69 bits per heavy atom. The molecule has 0 aliphatic heterocycles. The average Bonchev–Trinajstić information content (AvgIpc) is 2.36. The van der Waals surface area contributed by atoms with Gasteiger partial charge in [-0.2, -0.15) is 4.99 Å². The molecule has 0 saturated heterocycles. The number of hydrogen-bond acceptors (Lipinski definition) is 2. The SMILES string of the molecule is Cc1cs/c(=N/C(=O)C(Cl)Cl)n1C. The highest BCUT2D eigenvalue weighted by atomic mass is 35.5. The standard InChI is InChI=1S/C7H8Cl2N2OS/c1-4-3-13-7(11(4)2)10-6(12)5(8)9/h3,5H,1-2H3/b10-7+. The molecule has 1 rings (SSSR count). The van der Waals surface area contributed by atoms with E-state index in [0.717, 1.165) is 5.69 Å².